The van der Waals surface area contributed by atoms with E-state index in [0.717, 1.165) is 41.3 Å². The van der Waals surface area contributed by atoms with Gasteiger partial charge >= 0.3 is 0 Å². The third-order valence-electron chi connectivity index (χ3n) is 4.58. The maximum atomic E-state index is 5.55. The van der Waals surface area contributed by atoms with Crippen molar-refractivity contribution in [1.29, 1.82) is 0 Å². The fourth-order valence-corrected chi connectivity index (χ4v) is 2.87. The molecule has 0 saturated heterocycles. The standard InChI is InChI=1S/C15H27N5/c1-5-13-18-14(11(4)15(19-13)20-16)17-12-7-6-9(2)10(3)8-12/h9-10,12H,5-8,16H2,1-4H3,(H2,17,18,19,20). The summed E-state index contributed by atoms with van der Waals surface area (Å²) in [6, 6.07) is 0.505. The lowest BCUT2D eigenvalue weighted by atomic mass is 9.79. The summed E-state index contributed by atoms with van der Waals surface area (Å²) >= 11 is 0. The van der Waals surface area contributed by atoms with Gasteiger partial charge in [-0.1, -0.05) is 20.8 Å². The van der Waals surface area contributed by atoms with Crippen LogP contribution in [-0.4, -0.2) is 16.0 Å². The third-order valence-corrected chi connectivity index (χ3v) is 4.58. The van der Waals surface area contributed by atoms with E-state index in [1.54, 1.807) is 0 Å². The van der Waals surface area contributed by atoms with Crippen LogP contribution in [0.15, 0.2) is 0 Å². The Hall–Kier alpha value is -1.36. The van der Waals surface area contributed by atoms with Gasteiger partial charge in [0.2, 0.25) is 0 Å². The van der Waals surface area contributed by atoms with Crippen molar-refractivity contribution >= 4 is 11.6 Å². The second kappa shape index (κ2) is 6.39. The Balaban J connectivity index is 2.16. The lowest BCUT2D eigenvalue weighted by Crippen LogP contribution is -2.31. The molecule has 1 aliphatic rings. The zero-order chi connectivity index (χ0) is 14.7. The van der Waals surface area contributed by atoms with Gasteiger partial charge in [-0.25, -0.2) is 15.8 Å². The molecular formula is C15H27N5. The monoisotopic (exact) mass is 277 g/mol. The van der Waals surface area contributed by atoms with Gasteiger partial charge in [0.25, 0.3) is 0 Å². The molecule has 3 unspecified atom stereocenters. The highest BCUT2D eigenvalue weighted by atomic mass is 15.3. The Kier molecular flexibility index (Phi) is 4.81. The van der Waals surface area contributed by atoms with Crippen molar-refractivity contribution in [2.45, 2.75) is 59.4 Å². The summed E-state index contributed by atoms with van der Waals surface area (Å²) in [6.45, 7) is 8.75. The Morgan fingerprint density at radius 1 is 1.15 bits per heavy atom. The van der Waals surface area contributed by atoms with E-state index in [9.17, 15) is 0 Å². The first kappa shape index (κ1) is 15.0. The number of hydrogen-bond acceptors (Lipinski definition) is 5. The topological polar surface area (TPSA) is 75.9 Å². The van der Waals surface area contributed by atoms with Crippen LogP contribution in [0.5, 0.6) is 0 Å². The van der Waals surface area contributed by atoms with Crippen LogP contribution in [0.4, 0.5) is 11.6 Å². The molecule has 20 heavy (non-hydrogen) atoms. The molecule has 0 amide bonds. The molecular weight excluding hydrogens is 250 g/mol. The molecule has 2 rings (SSSR count). The van der Waals surface area contributed by atoms with E-state index in [2.05, 4.69) is 41.5 Å². The van der Waals surface area contributed by atoms with Crippen LogP contribution in [0.1, 0.15) is 51.4 Å². The number of rotatable bonds is 4. The molecule has 1 aliphatic carbocycles. The lowest BCUT2D eigenvalue weighted by molar-refractivity contribution is 0.260. The first-order valence-electron chi connectivity index (χ1n) is 7.65. The second-order valence-electron chi connectivity index (χ2n) is 6.07. The highest BCUT2D eigenvalue weighted by Gasteiger charge is 2.25. The van der Waals surface area contributed by atoms with E-state index in [0.29, 0.717) is 6.04 Å². The van der Waals surface area contributed by atoms with Crippen LogP contribution in [0, 0.1) is 18.8 Å². The highest BCUT2D eigenvalue weighted by molar-refractivity contribution is 5.57. The maximum Gasteiger partial charge on any atom is 0.148 e. The number of aromatic nitrogens is 2. The fourth-order valence-electron chi connectivity index (χ4n) is 2.87. The summed E-state index contributed by atoms with van der Waals surface area (Å²) in [7, 11) is 0. The van der Waals surface area contributed by atoms with Crippen LogP contribution in [0.25, 0.3) is 0 Å². The number of anilines is 2. The van der Waals surface area contributed by atoms with Crippen molar-refractivity contribution < 1.29 is 0 Å². The molecule has 1 saturated carbocycles. The smallest absolute Gasteiger partial charge is 0.148 e. The van der Waals surface area contributed by atoms with Crippen LogP contribution >= 0.6 is 0 Å². The predicted octanol–water partition coefficient (Wildman–Crippen LogP) is 2.87. The minimum absolute atomic E-state index is 0.505. The first-order chi connectivity index (χ1) is 9.55. The largest absolute Gasteiger partial charge is 0.367 e. The molecule has 0 radical (unpaired) electrons. The van der Waals surface area contributed by atoms with Gasteiger partial charge in [-0.3, -0.25) is 0 Å². The van der Waals surface area contributed by atoms with E-state index in [4.69, 9.17) is 5.84 Å². The van der Waals surface area contributed by atoms with Crippen molar-refractivity contribution in [2.24, 2.45) is 17.7 Å². The summed E-state index contributed by atoms with van der Waals surface area (Å²) in [6.07, 6.45) is 4.51. The SMILES string of the molecule is CCc1nc(NN)c(C)c(NC2CCC(C)C(C)C2)n1. The van der Waals surface area contributed by atoms with Gasteiger partial charge in [0.15, 0.2) is 0 Å². The number of aryl methyl sites for hydroxylation is 1. The number of nitrogen functional groups attached to an aromatic ring is 1. The summed E-state index contributed by atoms with van der Waals surface area (Å²) in [5.74, 6) is 9.61. The maximum absolute atomic E-state index is 5.55. The minimum Gasteiger partial charge on any atom is -0.367 e. The van der Waals surface area contributed by atoms with E-state index in [1.807, 2.05) is 6.92 Å². The molecule has 4 N–H and O–H groups in total. The first-order valence-corrected chi connectivity index (χ1v) is 7.65. The fraction of sp³-hybridized carbons (Fsp3) is 0.733. The second-order valence-corrected chi connectivity index (χ2v) is 6.07. The summed E-state index contributed by atoms with van der Waals surface area (Å²) in [5.41, 5.74) is 3.67. The van der Waals surface area contributed by atoms with Crippen LogP contribution < -0.4 is 16.6 Å². The Bertz CT molecular complexity index is 460. The molecule has 112 valence electrons. The van der Waals surface area contributed by atoms with Gasteiger partial charge in [0.1, 0.15) is 17.5 Å². The van der Waals surface area contributed by atoms with Gasteiger partial charge < -0.3 is 10.7 Å². The molecule has 1 fully saturated rings. The van der Waals surface area contributed by atoms with E-state index >= 15 is 0 Å². The normalized spacial score (nSPS) is 26.4. The number of nitrogens with two attached hydrogens (primary N) is 1. The van der Waals surface area contributed by atoms with E-state index in [-0.39, 0.29) is 0 Å². The zero-order valence-electron chi connectivity index (χ0n) is 13.0. The van der Waals surface area contributed by atoms with E-state index in [1.165, 1.54) is 19.3 Å². The average Bonchev–Trinajstić information content (AvgIpc) is 2.45. The van der Waals surface area contributed by atoms with Crippen LogP contribution in [0.2, 0.25) is 0 Å². The Morgan fingerprint density at radius 2 is 1.85 bits per heavy atom. The van der Waals surface area contributed by atoms with Crippen molar-refractivity contribution in [1.82, 2.24) is 9.97 Å². The summed E-state index contributed by atoms with van der Waals surface area (Å²) in [4.78, 5) is 9.02. The highest BCUT2D eigenvalue weighted by Crippen LogP contribution is 2.31. The number of nitrogens with one attached hydrogen (secondary N) is 2. The quantitative estimate of drug-likeness (QED) is 0.583. The zero-order valence-corrected chi connectivity index (χ0v) is 13.0. The third kappa shape index (κ3) is 3.20. The van der Waals surface area contributed by atoms with Crippen molar-refractivity contribution in [2.75, 3.05) is 10.7 Å². The van der Waals surface area contributed by atoms with Gasteiger partial charge in [-0.05, 0) is 38.0 Å². The molecule has 1 aromatic rings. The van der Waals surface area contributed by atoms with Gasteiger partial charge in [-0.2, -0.15) is 0 Å². The van der Waals surface area contributed by atoms with Crippen molar-refractivity contribution in [3.05, 3.63) is 11.4 Å². The summed E-state index contributed by atoms with van der Waals surface area (Å²) in [5, 5.41) is 3.60. The lowest BCUT2D eigenvalue weighted by Gasteiger charge is -2.33. The molecule has 0 aliphatic heterocycles. The van der Waals surface area contributed by atoms with Crippen LogP contribution in [0.3, 0.4) is 0 Å². The van der Waals surface area contributed by atoms with Gasteiger partial charge in [0, 0.05) is 18.0 Å². The van der Waals surface area contributed by atoms with Gasteiger partial charge in [-0.15, -0.1) is 0 Å². The predicted molar refractivity (Wildman–Crippen MR) is 83.5 cm³/mol. The molecule has 3 atom stereocenters. The Morgan fingerprint density at radius 3 is 2.45 bits per heavy atom. The van der Waals surface area contributed by atoms with Crippen molar-refractivity contribution in [3.8, 4) is 0 Å². The summed E-state index contributed by atoms with van der Waals surface area (Å²) < 4.78 is 0. The number of hydrogen-bond donors (Lipinski definition) is 3. The molecule has 5 nitrogen and oxygen atoms in total. The number of nitrogens with zero attached hydrogens (tertiary/aromatic N) is 2. The molecule has 1 aromatic heterocycles. The number of hydrazine groups is 1. The average molecular weight is 277 g/mol. The molecule has 5 heteroatoms. The van der Waals surface area contributed by atoms with E-state index < -0.39 is 0 Å². The Labute approximate surface area is 121 Å². The minimum atomic E-state index is 0.505. The molecule has 1 heterocycles. The molecule has 0 bridgehead atoms. The van der Waals surface area contributed by atoms with Crippen molar-refractivity contribution in [3.63, 3.8) is 0 Å². The van der Waals surface area contributed by atoms with Crippen LogP contribution in [-0.2, 0) is 6.42 Å². The van der Waals surface area contributed by atoms with Gasteiger partial charge in [0.05, 0.1) is 0 Å². The molecule has 0 aromatic carbocycles. The molecule has 0 spiro atoms.